The van der Waals surface area contributed by atoms with Gasteiger partial charge in [-0.15, -0.1) is 4.83 Å². The molecule has 0 aliphatic heterocycles. The number of benzene rings is 2. The number of aryl methyl sites for hydroxylation is 2. The van der Waals surface area contributed by atoms with Crippen LogP contribution in [-0.2, 0) is 22.9 Å². The highest BCUT2D eigenvalue weighted by molar-refractivity contribution is 7.89. The van der Waals surface area contributed by atoms with E-state index in [0.29, 0.717) is 0 Å². The highest BCUT2D eigenvalue weighted by Gasteiger charge is 2.20. The third-order valence-corrected chi connectivity index (χ3v) is 6.08. The van der Waals surface area contributed by atoms with Gasteiger partial charge in [0, 0.05) is 5.69 Å². The van der Waals surface area contributed by atoms with Gasteiger partial charge in [-0.25, -0.2) is 13.4 Å². The average molecular weight is 396 g/mol. The average Bonchev–Trinajstić information content (AvgIpc) is 3.22. The van der Waals surface area contributed by atoms with Crippen molar-refractivity contribution < 1.29 is 13.2 Å². The standard InChI is InChI=1S/C20H20N4O3S/c25-20(19-13-21-14-24(19)17-8-2-1-3-9-17)22-23-28(26,27)18-11-10-15-6-4-5-7-16(15)12-18/h1-3,8-14,23H,4-7H2,(H,22,25). The number of amides is 1. The van der Waals surface area contributed by atoms with Crippen LogP contribution in [0.3, 0.4) is 0 Å². The molecule has 0 bridgehead atoms. The molecule has 0 atom stereocenters. The maximum atomic E-state index is 12.6. The van der Waals surface area contributed by atoms with E-state index >= 15 is 0 Å². The van der Waals surface area contributed by atoms with Gasteiger partial charge in [0.2, 0.25) is 0 Å². The number of nitrogens with one attached hydrogen (secondary N) is 2. The summed E-state index contributed by atoms with van der Waals surface area (Å²) in [5.41, 5.74) is 5.50. The van der Waals surface area contributed by atoms with Gasteiger partial charge in [-0.05, 0) is 61.1 Å². The van der Waals surface area contributed by atoms with E-state index in [-0.39, 0.29) is 10.6 Å². The minimum atomic E-state index is -3.87. The van der Waals surface area contributed by atoms with Crippen LogP contribution in [0.25, 0.3) is 5.69 Å². The molecule has 144 valence electrons. The molecule has 0 spiro atoms. The number of sulfonamides is 1. The van der Waals surface area contributed by atoms with Crippen molar-refractivity contribution in [2.75, 3.05) is 0 Å². The fourth-order valence-corrected chi connectivity index (χ4v) is 4.26. The molecule has 1 aliphatic rings. The van der Waals surface area contributed by atoms with E-state index in [2.05, 4.69) is 15.2 Å². The molecule has 2 aromatic carbocycles. The number of imidazole rings is 1. The second-order valence-corrected chi connectivity index (χ2v) is 8.36. The molecule has 1 aliphatic carbocycles. The van der Waals surface area contributed by atoms with Crippen molar-refractivity contribution >= 4 is 15.9 Å². The van der Waals surface area contributed by atoms with Crippen molar-refractivity contribution in [3.63, 3.8) is 0 Å². The van der Waals surface area contributed by atoms with Crippen molar-refractivity contribution in [2.24, 2.45) is 0 Å². The molecule has 3 aromatic rings. The SMILES string of the molecule is O=C(NNS(=O)(=O)c1ccc2c(c1)CCCC2)c1cncn1-c1ccccc1. The van der Waals surface area contributed by atoms with Gasteiger partial charge < -0.3 is 0 Å². The molecule has 1 amide bonds. The van der Waals surface area contributed by atoms with Gasteiger partial charge in [0.15, 0.2) is 0 Å². The molecular weight excluding hydrogens is 376 g/mol. The van der Waals surface area contributed by atoms with Crippen LogP contribution in [0.5, 0.6) is 0 Å². The molecule has 0 saturated heterocycles. The first-order chi connectivity index (χ1) is 13.5. The lowest BCUT2D eigenvalue weighted by Gasteiger charge is -2.17. The number of hydrazine groups is 1. The van der Waals surface area contributed by atoms with Crippen LogP contribution in [-0.4, -0.2) is 23.9 Å². The molecular formula is C20H20N4O3S. The summed E-state index contributed by atoms with van der Waals surface area (Å²) in [6, 6.07) is 14.3. The Balaban J connectivity index is 1.50. The zero-order valence-corrected chi connectivity index (χ0v) is 15.9. The Morgan fingerprint density at radius 3 is 2.54 bits per heavy atom. The molecule has 4 rings (SSSR count). The molecule has 0 saturated carbocycles. The lowest BCUT2D eigenvalue weighted by Crippen LogP contribution is -2.42. The summed E-state index contributed by atoms with van der Waals surface area (Å²) in [6.45, 7) is 0. The summed E-state index contributed by atoms with van der Waals surface area (Å²) in [7, 11) is -3.87. The predicted octanol–water partition coefficient (Wildman–Crippen LogP) is 2.37. The number of nitrogens with zero attached hydrogens (tertiary/aromatic N) is 2. The van der Waals surface area contributed by atoms with Gasteiger partial charge in [0.25, 0.3) is 15.9 Å². The van der Waals surface area contributed by atoms with Crippen molar-refractivity contribution in [2.45, 2.75) is 30.6 Å². The van der Waals surface area contributed by atoms with Crippen molar-refractivity contribution in [3.05, 3.63) is 77.9 Å². The maximum Gasteiger partial charge on any atom is 0.284 e. The summed E-state index contributed by atoms with van der Waals surface area (Å²) >= 11 is 0. The van der Waals surface area contributed by atoms with E-state index in [1.165, 1.54) is 18.1 Å². The van der Waals surface area contributed by atoms with Crippen molar-refractivity contribution in [1.82, 2.24) is 19.8 Å². The van der Waals surface area contributed by atoms with Gasteiger partial charge in [-0.3, -0.25) is 14.8 Å². The molecule has 0 fully saturated rings. The smallest absolute Gasteiger partial charge is 0.284 e. The van der Waals surface area contributed by atoms with Gasteiger partial charge in [0.1, 0.15) is 5.69 Å². The normalized spacial score (nSPS) is 13.7. The number of carbonyl (C=O) groups is 1. The summed E-state index contributed by atoms with van der Waals surface area (Å²) in [6.07, 6.45) is 6.93. The Hall–Kier alpha value is -2.97. The zero-order chi connectivity index (χ0) is 19.6. The fraction of sp³-hybridized carbons (Fsp3) is 0.200. The minimum Gasteiger partial charge on any atom is -0.295 e. The summed E-state index contributed by atoms with van der Waals surface area (Å²) < 4.78 is 26.8. The van der Waals surface area contributed by atoms with Crippen LogP contribution in [0, 0.1) is 0 Å². The van der Waals surface area contributed by atoms with E-state index in [1.54, 1.807) is 16.7 Å². The van der Waals surface area contributed by atoms with Crippen molar-refractivity contribution in [1.29, 1.82) is 0 Å². The molecule has 1 aromatic heterocycles. The Morgan fingerprint density at radius 1 is 1.00 bits per heavy atom. The first-order valence-corrected chi connectivity index (χ1v) is 10.5. The number of aromatic nitrogens is 2. The van der Waals surface area contributed by atoms with Crippen LogP contribution >= 0.6 is 0 Å². The van der Waals surface area contributed by atoms with E-state index < -0.39 is 15.9 Å². The lowest BCUT2D eigenvalue weighted by molar-refractivity contribution is 0.0938. The molecule has 1 heterocycles. The number of fused-ring (bicyclic) bond motifs is 1. The van der Waals surface area contributed by atoms with E-state index in [4.69, 9.17) is 0 Å². The predicted molar refractivity (Wildman–Crippen MR) is 104 cm³/mol. The molecule has 0 radical (unpaired) electrons. The summed E-state index contributed by atoms with van der Waals surface area (Å²) in [5, 5.41) is 0. The monoisotopic (exact) mass is 396 g/mol. The quantitative estimate of drug-likeness (QED) is 0.648. The summed E-state index contributed by atoms with van der Waals surface area (Å²) in [4.78, 5) is 18.8. The molecule has 2 N–H and O–H groups in total. The Kier molecular flexibility index (Phi) is 4.97. The number of para-hydroxylation sites is 1. The van der Waals surface area contributed by atoms with Gasteiger partial charge in [-0.2, -0.15) is 0 Å². The maximum absolute atomic E-state index is 12.6. The van der Waals surface area contributed by atoms with Gasteiger partial charge in [0.05, 0.1) is 17.4 Å². The minimum absolute atomic E-state index is 0.144. The summed E-state index contributed by atoms with van der Waals surface area (Å²) in [5.74, 6) is -0.595. The van der Waals surface area contributed by atoms with E-state index in [1.807, 2.05) is 36.4 Å². The van der Waals surface area contributed by atoms with E-state index in [9.17, 15) is 13.2 Å². The number of hydrogen-bond donors (Lipinski definition) is 2. The number of rotatable bonds is 5. The molecule has 28 heavy (non-hydrogen) atoms. The largest absolute Gasteiger partial charge is 0.295 e. The van der Waals surface area contributed by atoms with Crippen LogP contribution in [0.4, 0.5) is 0 Å². The molecule has 8 heteroatoms. The molecule has 7 nitrogen and oxygen atoms in total. The van der Waals surface area contributed by atoms with E-state index in [0.717, 1.165) is 36.9 Å². The first-order valence-electron chi connectivity index (χ1n) is 9.06. The Labute approximate surface area is 163 Å². The topological polar surface area (TPSA) is 93.1 Å². The highest BCUT2D eigenvalue weighted by Crippen LogP contribution is 2.23. The van der Waals surface area contributed by atoms with Crippen LogP contribution < -0.4 is 10.3 Å². The van der Waals surface area contributed by atoms with Crippen LogP contribution in [0.1, 0.15) is 34.5 Å². The second-order valence-electron chi connectivity index (χ2n) is 6.68. The first kappa shape index (κ1) is 18.4. The van der Waals surface area contributed by atoms with Crippen molar-refractivity contribution in [3.8, 4) is 5.69 Å². The lowest BCUT2D eigenvalue weighted by atomic mass is 9.92. The van der Waals surface area contributed by atoms with Crippen LogP contribution in [0.2, 0.25) is 0 Å². The number of hydrogen-bond acceptors (Lipinski definition) is 4. The Bertz CT molecular complexity index is 1110. The highest BCUT2D eigenvalue weighted by atomic mass is 32.2. The fourth-order valence-electron chi connectivity index (χ4n) is 3.37. The Morgan fingerprint density at radius 2 is 1.75 bits per heavy atom. The third-order valence-electron chi connectivity index (χ3n) is 4.83. The zero-order valence-electron chi connectivity index (χ0n) is 15.1. The third kappa shape index (κ3) is 3.69. The van der Waals surface area contributed by atoms with Crippen LogP contribution in [0.15, 0.2) is 66.0 Å². The number of carbonyl (C=O) groups excluding carboxylic acids is 1. The van der Waals surface area contributed by atoms with Gasteiger partial charge in [-0.1, -0.05) is 24.3 Å². The van der Waals surface area contributed by atoms with Gasteiger partial charge >= 0.3 is 0 Å². The second kappa shape index (κ2) is 7.57. The molecule has 0 unspecified atom stereocenters.